The van der Waals surface area contributed by atoms with E-state index in [1.807, 2.05) is 17.0 Å². The number of rotatable bonds is 3. The molecule has 0 saturated heterocycles. The van der Waals surface area contributed by atoms with E-state index in [0.29, 0.717) is 32.0 Å². The number of ether oxygens (including phenoxy) is 1. The quantitative estimate of drug-likeness (QED) is 0.772. The first-order chi connectivity index (χ1) is 13.2. The molecule has 6 heteroatoms. The highest BCUT2D eigenvalue weighted by Gasteiger charge is 2.28. The van der Waals surface area contributed by atoms with Gasteiger partial charge in [-0.15, -0.1) is 0 Å². The SMILES string of the molecule is COCc1nc2c(o1)CCN(C(=O)c1cccc3c4c([nH]c13)CCCC4)C2. The van der Waals surface area contributed by atoms with Crippen molar-refractivity contribution in [2.45, 2.75) is 45.3 Å². The molecule has 0 radical (unpaired) electrons. The van der Waals surface area contributed by atoms with Crippen LogP contribution in [0.1, 0.15) is 51.8 Å². The minimum Gasteiger partial charge on any atom is -0.443 e. The highest BCUT2D eigenvalue weighted by Crippen LogP contribution is 2.32. The molecule has 2 aliphatic rings. The molecule has 1 amide bonds. The number of aromatic amines is 1. The van der Waals surface area contributed by atoms with Crippen LogP contribution in [0.2, 0.25) is 0 Å². The van der Waals surface area contributed by atoms with E-state index in [1.54, 1.807) is 7.11 Å². The first-order valence-electron chi connectivity index (χ1n) is 9.62. The van der Waals surface area contributed by atoms with Crippen molar-refractivity contribution in [3.05, 3.63) is 52.4 Å². The van der Waals surface area contributed by atoms with Gasteiger partial charge in [0.15, 0.2) is 0 Å². The summed E-state index contributed by atoms with van der Waals surface area (Å²) in [6, 6.07) is 6.07. The van der Waals surface area contributed by atoms with Gasteiger partial charge >= 0.3 is 0 Å². The molecular formula is C21H23N3O3. The van der Waals surface area contributed by atoms with Crippen molar-refractivity contribution >= 4 is 16.8 Å². The Morgan fingerprint density at radius 1 is 1.30 bits per heavy atom. The molecule has 1 aliphatic heterocycles. The highest BCUT2D eigenvalue weighted by atomic mass is 16.5. The lowest BCUT2D eigenvalue weighted by atomic mass is 9.95. The van der Waals surface area contributed by atoms with Crippen LogP contribution in [0.4, 0.5) is 0 Å². The summed E-state index contributed by atoms with van der Waals surface area (Å²) in [6.45, 7) is 1.48. The number of hydrogen-bond acceptors (Lipinski definition) is 4. The maximum absolute atomic E-state index is 13.3. The van der Waals surface area contributed by atoms with Crippen molar-refractivity contribution in [2.24, 2.45) is 0 Å². The molecule has 27 heavy (non-hydrogen) atoms. The third kappa shape index (κ3) is 2.75. The van der Waals surface area contributed by atoms with E-state index < -0.39 is 0 Å². The smallest absolute Gasteiger partial charge is 0.256 e. The highest BCUT2D eigenvalue weighted by molar-refractivity contribution is 6.06. The van der Waals surface area contributed by atoms with Gasteiger partial charge < -0.3 is 19.0 Å². The number of carbonyl (C=O) groups excluding carboxylic acids is 1. The molecule has 0 bridgehead atoms. The van der Waals surface area contributed by atoms with Crippen LogP contribution in [0.5, 0.6) is 0 Å². The Kier molecular flexibility index (Phi) is 4.01. The van der Waals surface area contributed by atoms with E-state index in [4.69, 9.17) is 9.15 Å². The van der Waals surface area contributed by atoms with Gasteiger partial charge in [-0.25, -0.2) is 4.98 Å². The van der Waals surface area contributed by atoms with Crippen LogP contribution >= 0.6 is 0 Å². The van der Waals surface area contributed by atoms with E-state index in [9.17, 15) is 4.79 Å². The molecule has 140 valence electrons. The maximum Gasteiger partial charge on any atom is 0.256 e. The van der Waals surface area contributed by atoms with Gasteiger partial charge in [0, 0.05) is 31.2 Å². The minimum absolute atomic E-state index is 0.0566. The number of aromatic nitrogens is 2. The summed E-state index contributed by atoms with van der Waals surface area (Å²) < 4.78 is 10.8. The van der Waals surface area contributed by atoms with Crippen LogP contribution in [0.25, 0.3) is 10.9 Å². The van der Waals surface area contributed by atoms with Crippen molar-refractivity contribution in [1.29, 1.82) is 0 Å². The van der Waals surface area contributed by atoms with Crippen LogP contribution in [-0.2, 0) is 37.2 Å². The second-order valence-electron chi connectivity index (χ2n) is 7.40. The number of amides is 1. The predicted molar refractivity (Wildman–Crippen MR) is 101 cm³/mol. The number of H-pyrrole nitrogens is 1. The van der Waals surface area contributed by atoms with E-state index in [1.165, 1.54) is 29.5 Å². The van der Waals surface area contributed by atoms with Gasteiger partial charge in [0.25, 0.3) is 5.91 Å². The summed E-state index contributed by atoms with van der Waals surface area (Å²) in [5, 5.41) is 1.21. The summed E-state index contributed by atoms with van der Waals surface area (Å²) in [7, 11) is 1.62. The molecule has 0 unspecified atom stereocenters. The summed E-state index contributed by atoms with van der Waals surface area (Å²) in [5.74, 6) is 1.51. The van der Waals surface area contributed by atoms with Crippen molar-refractivity contribution in [3.8, 4) is 0 Å². The van der Waals surface area contributed by atoms with Crippen LogP contribution in [-0.4, -0.2) is 34.4 Å². The van der Waals surface area contributed by atoms with Crippen molar-refractivity contribution < 1.29 is 13.9 Å². The van der Waals surface area contributed by atoms with Crippen LogP contribution in [0, 0.1) is 0 Å². The molecule has 3 aromatic rings. The number of nitrogens with zero attached hydrogens (tertiary/aromatic N) is 2. The third-order valence-corrected chi connectivity index (χ3v) is 5.69. The number of benzene rings is 1. The molecule has 1 aromatic carbocycles. The summed E-state index contributed by atoms with van der Waals surface area (Å²) in [5.41, 5.74) is 5.29. The maximum atomic E-state index is 13.3. The van der Waals surface area contributed by atoms with Gasteiger partial charge in [-0.05, 0) is 37.3 Å². The van der Waals surface area contributed by atoms with E-state index in [2.05, 4.69) is 16.0 Å². The molecule has 1 N–H and O–H groups in total. The molecule has 0 saturated carbocycles. The third-order valence-electron chi connectivity index (χ3n) is 5.69. The Morgan fingerprint density at radius 2 is 2.19 bits per heavy atom. The van der Waals surface area contributed by atoms with Crippen LogP contribution in [0.3, 0.4) is 0 Å². The Hall–Kier alpha value is -2.60. The summed E-state index contributed by atoms with van der Waals surface area (Å²) in [6.07, 6.45) is 5.30. The number of hydrogen-bond donors (Lipinski definition) is 1. The second kappa shape index (κ2) is 6.53. The van der Waals surface area contributed by atoms with Gasteiger partial charge in [-0.3, -0.25) is 4.79 Å². The molecule has 3 heterocycles. The fourth-order valence-corrected chi connectivity index (χ4v) is 4.39. The Bertz CT molecular complexity index is 1020. The molecule has 0 fully saturated rings. The average molecular weight is 365 g/mol. The number of fused-ring (bicyclic) bond motifs is 4. The first kappa shape index (κ1) is 16.6. The van der Waals surface area contributed by atoms with Crippen molar-refractivity contribution in [2.75, 3.05) is 13.7 Å². The zero-order valence-electron chi connectivity index (χ0n) is 15.5. The number of para-hydroxylation sites is 1. The Balaban J connectivity index is 1.46. The zero-order valence-corrected chi connectivity index (χ0v) is 15.5. The number of oxazole rings is 1. The predicted octanol–water partition coefficient (Wildman–Crippen LogP) is 3.38. The van der Waals surface area contributed by atoms with Crippen molar-refractivity contribution in [1.82, 2.24) is 14.9 Å². The lowest BCUT2D eigenvalue weighted by molar-refractivity contribution is 0.0729. The van der Waals surface area contributed by atoms with E-state index >= 15 is 0 Å². The topological polar surface area (TPSA) is 71.4 Å². The Morgan fingerprint density at radius 3 is 3.07 bits per heavy atom. The van der Waals surface area contributed by atoms with Crippen LogP contribution < -0.4 is 0 Å². The summed E-state index contributed by atoms with van der Waals surface area (Å²) >= 11 is 0. The summed E-state index contributed by atoms with van der Waals surface area (Å²) in [4.78, 5) is 23.2. The largest absolute Gasteiger partial charge is 0.443 e. The van der Waals surface area contributed by atoms with Gasteiger partial charge in [0.05, 0.1) is 17.6 Å². The molecule has 2 aromatic heterocycles. The number of aryl methyl sites for hydroxylation is 2. The average Bonchev–Trinajstić information content (AvgIpc) is 3.27. The van der Waals surface area contributed by atoms with Crippen molar-refractivity contribution in [3.63, 3.8) is 0 Å². The number of methoxy groups -OCH3 is 1. The molecule has 6 nitrogen and oxygen atoms in total. The molecule has 0 atom stereocenters. The zero-order chi connectivity index (χ0) is 18.4. The molecule has 5 rings (SSSR count). The lowest BCUT2D eigenvalue weighted by Gasteiger charge is -2.25. The first-order valence-corrected chi connectivity index (χ1v) is 9.62. The normalized spacial score (nSPS) is 16.4. The van der Waals surface area contributed by atoms with Gasteiger partial charge in [-0.1, -0.05) is 12.1 Å². The number of carbonyl (C=O) groups is 1. The van der Waals surface area contributed by atoms with Gasteiger partial charge in [-0.2, -0.15) is 0 Å². The lowest BCUT2D eigenvalue weighted by Crippen LogP contribution is -2.36. The minimum atomic E-state index is 0.0566. The Labute approximate surface area is 157 Å². The standard InChI is InChI=1S/C21H23N3O3/c1-26-12-19-22-17-11-24(10-9-18(17)27-19)21(25)15-7-4-6-14-13-5-2-3-8-16(13)23-20(14)15/h4,6-7,23H,2-3,5,8-12H2,1H3. The van der Waals surface area contributed by atoms with E-state index in [0.717, 1.165) is 35.4 Å². The second-order valence-corrected chi connectivity index (χ2v) is 7.40. The van der Waals surface area contributed by atoms with Gasteiger partial charge in [0.2, 0.25) is 5.89 Å². The van der Waals surface area contributed by atoms with Gasteiger partial charge in [0.1, 0.15) is 18.1 Å². The van der Waals surface area contributed by atoms with Crippen LogP contribution in [0.15, 0.2) is 22.6 Å². The molecule has 1 aliphatic carbocycles. The number of nitrogens with one attached hydrogen (secondary N) is 1. The van der Waals surface area contributed by atoms with E-state index in [-0.39, 0.29) is 5.91 Å². The fraction of sp³-hybridized carbons (Fsp3) is 0.429. The molecule has 0 spiro atoms. The monoisotopic (exact) mass is 365 g/mol. The fourth-order valence-electron chi connectivity index (χ4n) is 4.39. The molecular weight excluding hydrogens is 342 g/mol.